The Morgan fingerprint density at radius 3 is 2.23 bits per heavy atom. The average Bonchev–Trinajstić information content (AvgIpc) is 2.72. The Kier molecular flexibility index (Phi) is 7.79. The van der Waals surface area contributed by atoms with Crippen molar-refractivity contribution in [3.63, 3.8) is 0 Å². The van der Waals surface area contributed by atoms with Crippen LogP contribution in [0.3, 0.4) is 0 Å². The van der Waals surface area contributed by atoms with Gasteiger partial charge in [0.05, 0.1) is 18.6 Å². The van der Waals surface area contributed by atoms with Crippen LogP contribution in [0.5, 0.6) is 11.5 Å². The molecule has 162 valence electrons. The fraction of sp³-hybridized carbons (Fsp3) is 0.300. The van der Waals surface area contributed by atoms with Crippen molar-refractivity contribution in [1.29, 1.82) is 0 Å². The number of hydrazine groups is 1. The summed E-state index contributed by atoms with van der Waals surface area (Å²) in [6.07, 6.45) is 0.869. The quantitative estimate of drug-likeness (QED) is 0.487. The zero-order valence-corrected chi connectivity index (χ0v) is 17.8. The number of amides is 2. The van der Waals surface area contributed by atoms with E-state index in [9.17, 15) is 18.0 Å². The molecule has 0 aliphatic rings. The van der Waals surface area contributed by atoms with Crippen LogP contribution < -0.4 is 25.5 Å². The lowest BCUT2D eigenvalue weighted by molar-refractivity contribution is 0.0943. The van der Waals surface area contributed by atoms with E-state index in [1.165, 1.54) is 43.5 Å². The molecule has 0 spiro atoms. The van der Waals surface area contributed by atoms with Crippen LogP contribution in [-0.2, 0) is 10.0 Å². The summed E-state index contributed by atoms with van der Waals surface area (Å²) in [6.45, 7) is 4.68. The second-order valence-corrected chi connectivity index (χ2v) is 8.53. The maximum absolute atomic E-state index is 12.4. The van der Waals surface area contributed by atoms with Gasteiger partial charge in [0, 0.05) is 11.1 Å². The van der Waals surface area contributed by atoms with Gasteiger partial charge >= 0.3 is 0 Å². The van der Waals surface area contributed by atoms with Crippen LogP contribution in [0.2, 0.25) is 0 Å². The van der Waals surface area contributed by atoms with E-state index in [-0.39, 0.29) is 16.0 Å². The zero-order chi connectivity index (χ0) is 22.3. The second-order valence-electron chi connectivity index (χ2n) is 6.84. The molecule has 2 aromatic carbocycles. The summed E-state index contributed by atoms with van der Waals surface area (Å²) in [5.41, 5.74) is 7.61. The monoisotopic (exact) mass is 435 g/mol. The Bertz CT molecular complexity index is 1000. The van der Waals surface area contributed by atoms with Crippen molar-refractivity contribution in [1.82, 2.24) is 10.3 Å². The Morgan fingerprint density at radius 1 is 1.03 bits per heavy atom. The van der Waals surface area contributed by atoms with Crippen molar-refractivity contribution in [2.75, 3.05) is 13.7 Å². The average molecular weight is 436 g/mol. The van der Waals surface area contributed by atoms with Crippen LogP contribution in [0.15, 0.2) is 47.4 Å². The van der Waals surface area contributed by atoms with Gasteiger partial charge in [-0.25, -0.2) is 8.42 Å². The third-order valence-electron chi connectivity index (χ3n) is 4.13. The van der Waals surface area contributed by atoms with Crippen LogP contribution in [0.25, 0.3) is 0 Å². The minimum Gasteiger partial charge on any atom is -0.493 e. The molecule has 0 radical (unpaired) electrons. The molecule has 2 aromatic rings. The Balaban J connectivity index is 2.05. The SMILES string of the molecule is COc1cc(C(=O)NNS(=O)(=O)c2ccc(C(N)=O)cc2)ccc1OCCC(C)C. The molecule has 0 saturated heterocycles. The van der Waals surface area contributed by atoms with E-state index in [1.807, 2.05) is 4.83 Å². The Labute approximate surface area is 175 Å². The minimum atomic E-state index is -4.04. The van der Waals surface area contributed by atoms with Crippen molar-refractivity contribution < 1.29 is 27.5 Å². The predicted molar refractivity (Wildman–Crippen MR) is 111 cm³/mol. The van der Waals surface area contributed by atoms with Crippen molar-refractivity contribution in [2.45, 2.75) is 25.2 Å². The molecule has 4 N–H and O–H groups in total. The molecule has 0 unspecified atom stereocenters. The van der Waals surface area contributed by atoms with Gasteiger partial charge < -0.3 is 15.2 Å². The number of carbonyl (C=O) groups is 2. The van der Waals surface area contributed by atoms with Crippen LogP contribution in [0.1, 0.15) is 41.0 Å². The van der Waals surface area contributed by atoms with Gasteiger partial charge in [-0.1, -0.05) is 13.8 Å². The largest absolute Gasteiger partial charge is 0.493 e. The molecular formula is C20H25N3O6S. The molecule has 0 aromatic heterocycles. The highest BCUT2D eigenvalue weighted by Gasteiger charge is 2.17. The van der Waals surface area contributed by atoms with Gasteiger partial charge in [0.2, 0.25) is 5.91 Å². The molecule has 0 aliphatic heterocycles. The maximum atomic E-state index is 12.4. The van der Waals surface area contributed by atoms with Crippen LogP contribution in [-0.4, -0.2) is 33.9 Å². The molecular weight excluding hydrogens is 410 g/mol. The van der Waals surface area contributed by atoms with Crippen LogP contribution in [0, 0.1) is 5.92 Å². The summed E-state index contributed by atoms with van der Waals surface area (Å²) >= 11 is 0. The number of nitrogens with one attached hydrogen (secondary N) is 2. The van der Waals surface area contributed by atoms with E-state index in [4.69, 9.17) is 15.2 Å². The van der Waals surface area contributed by atoms with Crippen molar-refractivity contribution >= 4 is 21.8 Å². The van der Waals surface area contributed by atoms with Crippen LogP contribution in [0.4, 0.5) is 0 Å². The number of ether oxygens (including phenoxy) is 2. The van der Waals surface area contributed by atoms with Gasteiger partial charge in [-0.3, -0.25) is 15.0 Å². The number of sulfonamides is 1. The van der Waals surface area contributed by atoms with E-state index in [1.54, 1.807) is 6.07 Å². The smallest absolute Gasteiger partial charge is 0.266 e. The highest BCUT2D eigenvalue weighted by Crippen LogP contribution is 2.28. The molecule has 0 saturated carbocycles. The Morgan fingerprint density at radius 2 is 1.67 bits per heavy atom. The summed E-state index contributed by atoms with van der Waals surface area (Å²) < 4.78 is 35.6. The van der Waals surface area contributed by atoms with Gasteiger partial charge in [0.1, 0.15) is 0 Å². The van der Waals surface area contributed by atoms with E-state index in [0.717, 1.165) is 6.42 Å². The number of nitrogens with two attached hydrogens (primary N) is 1. The van der Waals surface area contributed by atoms with Gasteiger partial charge in [0.15, 0.2) is 11.5 Å². The molecule has 10 heteroatoms. The Hall–Kier alpha value is -3.11. The number of carbonyl (C=O) groups excluding carboxylic acids is 2. The van der Waals surface area contributed by atoms with E-state index in [2.05, 4.69) is 19.3 Å². The lowest BCUT2D eigenvalue weighted by Gasteiger charge is -2.13. The number of hydrogen-bond acceptors (Lipinski definition) is 6. The maximum Gasteiger partial charge on any atom is 0.266 e. The first-order valence-electron chi connectivity index (χ1n) is 9.17. The number of primary amides is 1. The number of benzene rings is 2. The lowest BCUT2D eigenvalue weighted by atomic mass is 10.1. The molecule has 30 heavy (non-hydrogen) atoms. The third-order valence-corrected chi connectivity index (χ3v) is 5.39. The molecule has 0 heterocycles. The first-order valence-corrected chi connectivity index (χ1v) is 10.6. The van der Waals surface area contributed by atoms with E-state index >= 15 is 0 Å². The van der Waals surface area contributed by atoms with Crippen molar-refractivity contribution in [3.05, 3.63) is 53.6 Å². The van der Waals surface area contributed by atoms with Crippen LogP contribution >= 0.6 is 0 Å². The summed E-state index contributed by atoms with van der Waals surface area (Å²) in [5.74, 6) is -0.0210. The molecule has 0 fully saturated rings. The van der Waals surface area contributed by atoms with Gasteiger partial charge in [-0.05, 0) is 54.8 Å². The van der Waals surface area contributed by atoms with Crippen molar-refractivity contribution in [3.8, 4) is 11.5 Å². The fourth-order valence-electron chi connectivity index (χ4n) is 2.38. The minimum absolute atomic E-state index is 0.140. The molecule has 9 nitrogen and oxygen atoms in total. The van der Waals surface area contributed by atoms with Gasteiger partial charge in [-0.2, -0.15) is 0 Å². The third kappa shape index (κ3) is 6.19. The van der Waals surface area contributed by atoms with Crippen molar-refractivity contribution in [2.24, 2.45) is 11.7 Å². The zero-order valence-electron chi connectivity index (χ0n) is 17.0. The predicted octanol–water partition coefficient (Wildman–Crippen LogP) is 1.84. The molecule has 2 rings (SSSR count). The number of hydrogen-bond donors (Lipinski definition) is 3. The second kappa shape index (κ2) is 10.1. The molecule has 0 aliphatic carbocycles. The molecule has 2 amide bonds. The number of rotatable bonds is 10. The topological polar surface area (TPSA) is 137 Å². The first kappa shape index (κ1) is 23.2. The van der Waals surface area contributed by atoms with E-state index < -0.39 is 21.8 Å². The normalized spacial score (nSPS) is 11.2. The summed E-state index contributed by atoms with van der Waals surface area (Å²) in [4.78, 5) is 25.3. The highest BCUT2D eigenvalue weighted by atomic mass is 32.2. The summed E-state index contributed by atoms with van der Waals surface area (Å²) in [7, 11) is -2.59. The van der Waals surface area contributed by atoms with E-state index in [0.29, 0.717) is 24.0 Å². The fourth-order valence-corrected chi connectivity index (χ4v) is 3.21. The first-order chi connectivity index (χ1) is 14.1. The number of methoxy groups -OCH3 is 1. The molecule has 0 atom stereocenters. The lowest BCUT2D eigenvalue weighted by Crippen LogP contribution is -2.41. The van der Waals surface area contributed by atoms with Gasteiger partial charge in [-0.15, -0.1) is 4.83 Å². The summed E-state index contributed by atoms with van der Waals surface area (Å²) in [6, 6.07) is 9.52. The molecule has 0 bridgehead atoms. The standard InChI is InChI=1S/C20H25N3O6S/c1-13(2)10-11-29-17-9-6-15(12-18(17)28-3)20(25)22-23-30(26,27)16-7-4-14(5-8-16)19(21)24/h4-9,12-13,23H,10-11H2,1-3H3,(H2,21,24)(H,22,25). The van der Waals surface area contributed by atoms with Gasteiger partial charge in [0.25, 0.3) is 15.9 Å². The highest BCUT2D eigenvalue weighted by molar-refractivity contribution is 7.89. The summed E-state index contributed by atoms with van der Waals surface area (Å²) in [5, 5.41) is 0.